The molecule has 0 atom stereocenters. The van der Waals surface area contributed by atoms with Gasteiger partial charge in [-0.1, -0.05) is 12.1 Å². The normalized spacial score (nSPS) is 14.9. The van der Waals surface area contributed by atoms with Gasteiger partial charge in [0.2, 0.25) is 5.91 Å². The predicted molar refractivity (Wildman–Crippen MR) is 70.5 cm³/mol. The summed E-state index contributed by atoms with van der Waals surface area (Å²) in [5.74, 6) is 0.703. The van der Waals surface area contributed by atoms with Crippen molar-refractivity contribution in [2.75, 3.05) is 5.75 Å². The summed E-state index contributed by atoms with van der Waals surface area (Å²) in [7, 11) is 0. The van der Waals surface area contributed by atoms with Gasteiger partial charge in [-0.25, -0.2) is 0 Å². The maximum atomic E-state index is 12.0. The Bertz CT molecular complexity index is 458. The molecule has 0 spiro atoms. The number of rotatable bonds is 6. The third-order valence-electron chi connectivity index (χ3n) is 2.60. The third-order valence-corrected chi connectivity index (χ3v) is 3.61. The number of ether oxygens (including phenoxy) is 1. The molecule has 1 saturated carbocycles. The minimum atomic E-state index is -4.67. The van der Waals surface area contributed by atoms with Crippen LogP contribution in [0.1, 0.15) is 18.4 Å². The molecule has 1 aromatic rings. The molecule has 0 aromatic heterocycles. The van der Waals surface area contributed by atoms with E-state index < -0.39 is 6.36 Å². The number of nitrogens with one attached hydrogen (secondary N) is 1. The van der Waals surface area contributed by atoms with Gasteiger partial charge in [0.05, 0.1) is 5.75 Å². The van der Waals surface area contributed by atoms with E-state index in [9.17, 15) is 18.0 Å². The number of halogens is 3. The molecule has 1 aromatic carbocycles. The molecule has 1 fully saturated rings. The van der Waals surface area contributed by atoms with E-state index in [2.05, 4.69) is 10.1 Å². The lowest BCUT2D eigenvalue weighted by molar-refractivity contribution is -0.274. The number of thioether (sulfide) groups is 1. The van der Waals surface area contributed by atoms with Crippen LogP contribution >= 0.6 is 11.8 Å². The molecule has 1 N–H and O–H groups in total. The topological polar surface area (TPSA) is 38.3 Å². The summed E-state index contributed by atoms with van der Waals surface area (Å²) in [6.07, 6.45) is -2.56. The highest BCUT2D eigenvalue weighted by Gasteiger charge is 2.30. The largest absolute Gasteiger partial charge is 0.573 e. The van der Waals surface area contributed by atoms with E-state index in [1.807, 2.05) is 0 Å². The van der Waals surface area contributed by atoms with Crippen LogP contribution < -0.4 is 10.1 Å². The fourth-order valence-electron chi connectivity index (χ4n) is 1.55. The van der Waals surface area contributed by atoms with Crippen LogP contribution in [0.5, 0.6) is 5.75 Å². The molecule has 110 valence electrons. The number of hydrogen-bond acceptors (Lipinski definition) is 3. The zero-order chi connectivity index (χ0) is 14.6. The molecule has 2 rings (SSSR count). The van der Waals surface area contributed by atoms with Gasteiger partial charge in [0.1, 0.15) is 5.75 Å². The Labute approximate surface area is 118 Å². The van der Waals surface area contributed by atoms with Crippen LogP contribution in [0.2, 0.25) is 0 Å². The van der Waals surface area contributed by atoms with Crippen molar-refractivity contribution in [2.24, 2.45) is 0 Å². The number of amides is 1. The molecule has 3 nitrogen and oxygen atoms in total. The summed E-state index contributed by atoms with van der Waals surface area (Å²) in [6, 6.07) is 6.02. The first-order valence-electron chi connectivity index (χ1n) is 6.14. The Morgan fingerprint density at radius 3 is 2.50 bits per heavy atom. The zero-order valence-electron chi connectivity index (χ0n) is 10.6. The number of alkyl halides is 3. The lowest BCUT2D eigenvalue weighted by Crippen LogP contribution is -2.27. The number of benzene rings is 1. The molecule has 0 aliphatic heterocycles. The summed E-state index contributed by atoms with van der Waals surface area (Å²) in [5.41, 5.74) is 0.851. The van der Waals surface area contributed by atoms with Crippen molar-refractivity contribution in [2.45, 2.75) is 31.0 Å². The molecule has 0 unspecified atom stereocenters. The quantitative estimate of drug-likeness (QED) is 0.877. The molecule has 1 amide bonds. The first-order chi connectivity index (χ1) is 9.42. The first-order valence-corrected chi connectivity index (χ1v) is 7.30. The van der Waals surface area contributed by atoms with Gasteiger partial charge in [-0.05, 0) is 30.5 Å². The predicted octanol–water partition coefficient (Wildman–Crippen LogP) is 3.10. The summed E-state index contributed by atoms with van der Waals surface area (Å²) in [4.78, 5) is 11.4. The maximum Gasteiger partial charge on any atom is 0.573 e. The zero-order valence-corrected chi connectivity index (χ0v) is 11.4. The molecular weight excluding hydrogens is 291 g/mol. The van der Waals surface area contributed by atoms with Crippen molar-refractivity contribution >= 4 is 17.7 Å². The van der Waals surface area contributed by atoms with E-state index in [1.54, 1.807) is 12.1 Å². The fourth-order valence-corrected chi connectivity index (χ4v) is 2.34. The summed E-state index contributed by atoms with van der Waals surface area (Å²) in [6.45, 7) is 0. The van der Waals surface area contributed by atoms with Gasteiger partial charge >= 0.3 is 6.36 Å². The average Bonchev–Trinajstić information content (AvgIpc) is 3.13. The molecule has 20 heavy (non-hydrogen) atoms. The van der Waals surface area contributed by atoms with Crippen molar-refractivity contribution < 1.29 is 22.7 Å². The molecule has 0 bridgehead atoms. The van der Waals surface area contributed by atoms with E-state index in [0.717, 1.165) is 18.4 Å². The molecule has 0 heterocycles. The van der Waals surface area contributed by atoms with E-state index in [4.69, 9.17) is 0 Å². The highest BCUT2D eigenvalue weighted by Crippen LogP contribution is 2.24. The minimum absolute atomic E-state index is 0.00882. The van der Waals surface area contributed by atoms with E-state index in [-0.39, 0.29) is 11.7 Å². The van der Waals surface area contributed by atoms with Gasteiger partial charge in [0.15, 0.2) is 0 Å². The SMILES string of the molecule is O=C(CSCc1ccc(OC(F)(F)F)cc1)NC1CC1. The third kappa shape index (κ3) is 5.73. The molecule has 1 aliphatic rings. The Balaban J connectivity index is 1.71. The minimum Gasteiger partial charge on any atom is -0.406 e. The second-order valence-electron chi connectivity index (χ2n) is 4.53. The molecule has 0 radical (unpaired) electrons. The van der Waals surface area contributed by atoms with Gasteiger partial charge in [0, 0.05) is 11.8 Å². The number of hydrogen-bond donors (Lipinski definition) is 1. The van der Waals surface area contributed by atoms with Crippen LogP contribution in [-0.4, -0.2) is 24.1 Å². The van der Waals surface area contributed by atoms with Crippen molar-refractivity contribution in [3.8, 4) is 5.75 Å². The van der Waals surface area contributed by atoms with E-state index >= 15 is 0 Å². The van der Waals surface area contributed by atoms with Crippen molar-refractivity contribution in [3.05, 3.63) is 29.8 Å². The van der Waals surface area contributed by atoms with Gasteiger partial charge in [-0.3, -0.25) is 4.79 Å². The fraction of sp³-hybridized carbons (Fsp3) is 0.462. The van der Waals surface area contributed by atoms with E-state index in [0.29, 0.717) is 17.5 Å². The van der Waals surface area contributed by atoms with Gasteiger partial charge in [-0.2, -0.15) is 0 Å². The summed E-state index contributed by atoms with van der Waals surface area (Å²) < 4.78 is 39.7. The second-order valence-corrected chi connectivity index (χ2v) is 5.51. The summed E-state index contributed by atoms with van der Waals surface area (Å²) >= 11 is 1.43. The molecular formula is C13H14F3NO2S. The van der Waals surface area contributed by atoms with Crippen LogP contribution in [-0.2, 0) is 10.5 Å². The van der Waals surface area contributed by atoms with Crippen molar-refractivity contribution in [1.29, 1.82) is 0 Å². The number of carbonyl (C=O) groups excluding carboxylic acids is 1. The lowest BCUT2D eigenvalue weighted by atomic mass is 10.2. The standard InChI is InChI=1S/C13H14F3NO2S/c14-13(15,16)19-11-5-1-9(2-6-11)7-20-8-12(18)17-10-3-4-10/h1-2,5-6,10H,3-4,7-8H2,(H,17,18). The smallest absolute Gasteiger partial charge is 0.406 e. The van der Waals surface area contributed by atoms with Crippen LogP contribution in [0.3, 0.4) is 0 Å². The van der Waals surface area contributed by atoms with Crippen LogP contribution in [0.15, 0.2) is 24.3 Å². The molecule has 0 saturated heterocycles. The molecule has 1 aliphatic carbocycles. The van der Waals surface area contributed by atoms with Gasteiger partial charge < -0.3 is 10.1 Å². The van der Waals surface area contributed by atoms with Crippen molar-refractivity contribution in [3.63, 3.8) is 0 Å². The average molecular weight is 305 g/mol. The Morgan fingerprint density at radius 1 is 1.30 bits per heavy atom. The maximum absolute atomic E-state index is 12.0. The van der Waals surface area contributed by atoms with Crippen LogP contribution in [0.25, 0.3) is 0 Å². The Kier molecular flexibility index (Phi) is 4.80. The second kappa shape index (κ2) is 6.39. The number of carbonyl (C=O) groups is 1. The van der Waals surface area contributed by atoms with Gasteiger partial charge in [-0.15, -0.1) is 24.9 Å². The first kappa shape index (κ1) is 15.0. The lowest BCUT2D eigenvalue weighted by Gasteiger charge is -2.09. The van der Waals surface area contributed by atoms with Crippen LogP contribution in [0.4, 0.5) is 13.2 Å². The molecule has 7 heteroatoms. The Hall–Kier alpha value is -1.37. The summed E-state index contributed by atoms with van der Waals surface area (Å²) in [5, 5.41) is 2.87. The highest BCUT2D eigenvalue weighted by molar-refractivity contribution is 7.99. The highest BCUT2D eigenvalue weighted by atomic mass is 32.2. The van der Waals surface area contributed by atoms with Crippen LogP contribution in [0, 0.1) is 0 Å². The van der Waals surface area contributed by atoms with Crippen molar-refractivity contribution in [1.82, 2.24) is 5.32 Å². The Morgan fingerprint density at radius 2 is 1.95 bits per heavy atom. The monoisotopic (exact) mass is 305 g/mol. The van der Waals surface area contributed by atoms with Gasteiger partial charge in [0.25, 0.3) is 0 Å². The van der Waals surface area contributed by atoms with E-state index in [1.165, 1.54) is 23.9 Å².